The molecule has 0 radical (unpaired) electrons. The van der Waals surface area contributed by atoms with Crippen LogP contribution in [0.5, 0.6) is 0 Å². The van der Waals surface area contributed by atoms with Gasteiger partial charge in [0.15, 0.2) is 0 Å². The summed E-state index contributed by atoms with van der Waals surface area (Å²) in [5.41, 5.74) is 7.22. The predicted molar refractivity (Wildman–Crippen MR) is 58.7 cm³/mol. The van der Waals surface area contributed by atoms with E-state index in [2.05, 4.69) is 23.8 Å². The Morgan fingerprint density at radius 3 is 3.08 bits per heavy atom. The molecule has 1 aromatic rings. The van der Waals surface area contributed by atoms with Gasteiger partial charge in [-0.3, -0.25) is 0 Å². The first kappa shape index (κ1) is 10.1. The average molecular weight is 201 g/mol. The van der Waals surface area contributed by atoms with Gasteiger partial charge in [-0.25, -0.2) is 0 Å². The minimum atomic E-state index is 0.369. The topological polar surface area (TPSA) is 26.0 Å². The lowest BCUT2D eigenvalue weighted by atomic mass is 10.3. The lowest BCUT2D eigenvalue weighted by Gasteiger charge is -2.06. The number of hydrogen-bond donors (Lipinski definition) is 1. The number of thiophene rings is 1. The van der Waals surface area contributed by atoms with Crippen LogP contribution in [0.2, 0.25) is 0 Å². The second kappa shape index (κ2) is 5.62. The van der Waals surface area contributed by atoms with Crippen molar-refractivity contribution in [1.82, 2.24) is 0 Å². The van der Waals surface area contributed by atoms with E-state index in [0.29, 0.717) is 6.04 Å². The molecule has 1 atom stereocenters. The Kier molecular flexibility index (Phi) is 4.73. The van der Waals surface area contributed by atoms with Gasteiger partial charge in [0.2, 0.25) is 0 Å². The highest BCUT2D eigenvalue weighted by molar-refractivity contribution is 7.98. The van der Waals surface area contributed by atoms with Crippen molar-refractivity contribution in [2.75, 3.05) is 5.75 Å². The minimum Gasteiger partial charge on any atom is -0.327 e. The van der Waals surface area contributed by atoms with Crippen molar-refractivity contribution >= 4 is 23.1 Å². The third kappa shape index (κ3) is 3.61. The van der Waals surface area contributed by atoms with E-state index >= 15 is 0 Å². The molecule has 0 fully saturated rings. The fourth-order valence-corrected chi connectivity index (χ4v) is 2.67. The Morgan fingerprint density at radius 2 is 2.50 bits per heavy atom. The highest BCUT2D eigenvalue weighted by Crippen LogP contribution is 2.15. The van der Waals surface area contributed by atoms with E-state index in [1.165, 1.54) is 5.56 Å². The van der Waals surface area contributed by atoms with Crippen LogP contribution in [0.1, 0.15) is 18.9 Å². The van der Waals surface area contributed by atoms with Crippen LogP contribution in [0.3, 0.4) is 0 Å². The van der Waals surface area contributed by atoms with Crippen LogP contribution in [0.4, 0.5) is 0 Å². The molecule has 68 valence electrons. The fourth-order valence-electron chi connectivity index (χ4n) is 0.821. The summed E-state index contributed by atoms with van der Waals surface area (Å²) < 4.78 is 0. The van der Waals surface area contributed by atoms with Crippen molar-refractivity contribution in [2.24, 2.45) is 5.73 Å². The Balaban J connectivity index is 2.11. The molecule has 0 aromatic carbocycles. The predicted octanol–water partition coefficient (Wildman–Crippen LogP) is 2.72. The van der Waals surface area contributed by atoms with Gasteiger partial charge in [0.1, 0.15) is 0 Å². The van der Waals surface area contributed by atoms with Crippen molar-refractivity contribution in [3.8, 4) is 0 Å². The van der Waals surface area contributed by atoms with E-state index in [1.54, 1.807) is 11.3 Å². The molecule has 3 heteroatoms. The van der Waals surface area contributed by atoms with Gasteiger partial charge in [-0.2, -0.15) is 23.1 Å². The lowest BCUT2D eigenvalue weighted by molar-refractivity contribution is 0.725. The molecule has 0 amide bonds. The summed E-state index contributed by atoms with van der Waals surface area (Å²) in [6.45, 7) is 2.13. The van der Waals surface area contributed by atoms with Crippen LogP contribution in [-0.2, 0) is 5.75 Å². The molecule has 0 aliphatic carbocycles. The molecular weight excluding hydrogens is 186 g/mol. The molecule has 1 rings (SSSR count). The standard InChI is InChI=1S/C9H15NS2/c1-2-9(10)7-12-6-8-3-4-11-5-8/h3-5,9H,2,6-7,10H2,1H3. The van der Waals surface area contributed by atoms with Gasteiger partial charge in [-0.15, -0.1) is 0 Å². The smallest absolute Gasteiger partial charge is 0.0193 e. The molecule has 12 heavy (non-hydrogen) atoms. The van der Waals surface area contributed by atoms with Crippen LogP contribution in [0, 0.1) is 0 Å². The number of rotatable bonds is 5. The minimum absolute atomic E-state index is 0.369. The van der Waals surface area contributed by atoms with E-state index in [1.807, 2.05) is 11.8 Å². The maximum atomic E-state index is 5.79. The zero-order valence-corrected chi connectivity index (χ0v) is 8.96. The summed E-state index contributed by atoms with van der Waals surface area (Å²) in [4.78, 5) is 0. The summed E-state index contributed by atoms with van der Waals surface area (Å²) in [5.74, 6) is 2.18. The van der Waals surface area contributed by atoms with Gasteiger partial charge >= 0.3 is 0 Å². The monoisotopic (exact) mass is 201 g/mol. The summed E-state index contributed by atoms with van der Waals surface area (Å²) in [6, 6.07) is 2.54. The first-order valence-corrected chi connectivity index (χ1v) is 6.27. The lowest BCUT2D eigenvalue weighted by Crippen LogP contribution is -2.21. The Morgan fingerprint density at radius 1 is 1.67 bits per heavy atom. The van der Waals surface area contributed by atoms with Crippen molar-refractivity contribution in [2.45, 2.75) is 25.1 Å². The number of hydrogen-bond acceptors (Lipinski definition) is 3. The van der Waals surface area contributed by atoms with Crippen LogP contribution in [-0.4, -0.2) is 11.8 Å². The molecule has 1 nitrogen and oxygen atoms in total. The van der Waals surface area contributed by atoms with Crippen LogP contribution in [0.15, 0.2) is 16.8 Å². The largest absolute Gasteiger partial charge is 0.327 e. The van der Waals surface area contributed by atoms with Crippen molar-refractivity contribution < 1.29 is 0 Å². The third-order valence-electron chi connectivity index (χ3n) is 1.71. The Labute approximate surface area is 82.4 Å². The van der Waals surface area contributed by atoms with Crippen molar-refractivity contribution in [3.05, 3.63) is 22.4 Å². The maximum absolute atomic E-state index is 5.79. The van der Waals surface area contributed by atoms with Gasteiger partial charge in [-0.05, 0) is 28.8 Å². The zero-order chi connectivity index (χ0) is 8.81. The third-order valence-corrected chi connectivity index (χ3v) is 3.64. The maximum Gasteiger partial charge on any atom is 0.0193 e. The summed E-state index contributed by atoms with van der Waals surface area (Å²) >= 11 is 3.68. The number of thioether (sulfide) groups is 1. The molecular formula is C9H15NS2. The Bertz CT molecular complexity index is 196. The molecule has 0 aliphatic rings. The molecule has 0 spiro atoms. The fraction of sp³-hybridized carbons (Fsp3) is 0.556. The second-order valence-corrected chi connectivity index (χ2v) is 4.63. The summed E-state index contributed by atoms with van der Waals surface area (Å²) in [7, 11) is 0. The van der Waals surface area contributed by atoms with Gasteiger partial charge < -0.3 is 5.73 Å². The van der Waals surface area contributed by atoms with Crippen LogP contribution >= 0.6 is 23.1 Å². The van der Waals surface area contributed by atoms with E-state index in [-0.39, 0.29) is 0 Å². The van der Waals surface area contributed by atoms with Crippen molar-refractivity contribution in [1.29, 1.82) is 0 Å². The summed E-state index contributed by atoms with van der Waals surface area (Å²) in [5, 5.41) is 4.32. The first-order valence-electron chi connectivity index (χ1n) is 4.17. The highest BCUT2D eigenvalue weighted by atomic mass is 32.2. The normalized spacial score (nSPS) is 13.2. The van der Waals surface area contributed by atoms with Crippen molar-refractivity contribution in [3.63, 3.8) is 0 Å². The Hall–Kier alpha value is 0.01000. The second-order valence-electron chi connectivity index (χ2n) is 2.82. The zero-order valence-electron chi connectivity index (χ0n) is 7.32. The highest BCUT2D eigenvalue weighted by Gasteiger charge is 1.99. The molecule has 2 N–H and O–H groups in total. The molecule has 1 unspecified atom stereocenters. The van der Waals surface area contributed by atoms with Crippen LogP contribution < -0.4 is 5.73 Å². The van der Waals surface area contributed by atoms with E-state index in [4.69, 9.17) is 5.73 Å². The van der Waals surface area contributed by atoms with Crippen LogP contribution in [0.25, 0.3) is 0 Å². The van der Waals surface area contributed by atoms with Gasteiger partial charge in [0.05, 0.1) is 0 Å². The van der Waals surface area contributed by atoms with E-state index in [0.717, 1.165) is 17.9 Å². The molecule has 1 heterocycles. The van der Waals surface area contributed by atoms with Gasteiger partial charge in [0, 0.05) is 17.5 Å². The van der Waals surface area contributed by atoms with Gasteiger partial charge in [-0.1, -0.05) is 6.92 Å². The summed E-state index contributed by atoms with van der Waals surface area (Å²) in [6.07, 6.45) is 1.08. The average Bonchev–Trinajstić information content (AvgIpc) is 2.57. The first-order chi connectivity index (χ1) is 5.83. The quantitative estimate of drug-likeness (QED) is 0.792. The molecule has 0 saturated heterocycles. The molecule has 0 bridgehead atoms. The SMILES string of the molecule is CCC(N)CSCc1ccsc1. The molecule has 0 saturated carbocycles. The van der Waals surface area contributed by atoms with E-state index in [9.17, 15) is 0 Å². The van der Waals surface area contributed by atoms with E-state index < -0.39 is 0 Å². The number of nitrogens with two attached hydrogens (primary N) is 1. The molecule has 0 aliphatic heterocycles. The molecule has 1 aromatic heterocycles. The van der Waals surface area contributed by atoms with Gasteiger partial charge in [0.25, 0.3) is 0 Å².